The molecule has 1 aromatic rings. The molecule has 2 rings (SSSR count). The normalized spacial score (nSPS) is 21.7. The smallest absolute Gasteiger partial charge is 0.142 e. The van der Waals surface area contributed by atoms with Crippen LogP contribution in [0.15, 0.2) is 35.5 Å². The molecule has 1 fully saturated rings. The number of hydrogen-bond donors (Lipinski definition) is 0. The second kappa shape index (κ2) is 5.66. The van der Waals surface area contributed by atoms with Gasteiger partial charge >= 0.3 is 0 Å². The lowest BCUT2D eigenvalue weighted by Crippen LogP contribution is -2.25. The van der Waals surface area contributed by atoms with Gasteiger partial charge in [-0.3, -0.25) is 4.90 Å². The number of benzene rings is 1. The molecule has 3 heteroatoms. The van der Waals surface area contributed by atoms with E-state index in [2.05, 4.69) is 17.1 Å². The molecule has 0 bridgehead atoms. The van der Waals surface area contributed by atoms with Crippen LogP contribution in [-0.4, -0.2) is 30.7 Å². The summed E-state index contributed by atoms with van der Waals surface area (Å²) >= 11 is 0. The molecule has 16 heavy (non-hydrogen) atoms. The monoisotopic (exact) mass is 218 g/mol. The third-order valence-electron chi connectivity index (χ3n) is 2.96. The first-order valence-corrected chi connectivity index (χ1v) is 5.76. The van der Waals surface area contributed by atoms with Crippen LogP contribution in [0, 0.1) is 0 Å². The van der Waals surface area contributed by atoms with Crippen molar-refractivity contribution in [3.63, 3.8) is 0 Å². The summed E-state index contributed by atoms with van der Waals surface area (Å²) in [5, 5.41) is 4.03. The molecule has 1 heterocycles. The predicted molar refractivity (Wildman–Crippen MR) is 65.4 cm³/mol. The second-order valence-corrected chi connectivity index (χ2v) is 4.20. The Hall–Kier alpha value is -1.35. The molecule has 0 aliphatic carbocycles. The van der Waals surface area contributed by atoms with Gasteiger partial charge in [0.2, 0.25) is 0 Å². The minimum atomic E-state index is 0.454. The maximum absolute atomic E-state index is 5.27. The van der Waals surface area contributed by atoms with Gasteiger partial charge in [-0.15, -0.1) is 0 Å². The Bertz CT molecular complexity index is 337. The van der Waals surface area contributed by atoms with Gasteiger partial charge in [-0.05, 0) is 32.0 Å². The Morgan fingerprint density at radius 1 is 1.44 bits per heavy atom. The Kier molecular flexibility index (Phi) is 3.94. The molecule has 1 saturated heterocycles. The second-order valence-electron chi connectivity index (χ2n) is 4.20. The summed E-state index contributed by atoms with van der Waals surface area (Å²) in [6.07, 6.45) is 4.36. The summed E-state index contributed by atoms with van der Waals surface area (Å²) < 4.78 is 0. The van der Waals surface area contributed by atoms with Gasteiger partial charge in [-0.2, -0.15) is 0 Å². The highest BCUT2D eigenvalue weighted by Gasteiger charge is 2.18. The first-order chi connectivity index (χ1) is 7.86. The highest BCUT2D eigenvalue weighted by atomic mass is 16.6. The van der Waals surface area contributed by atoms with Crippen LogP contribution in [0.2, 0.25) is 0 Å². The van der Waals surface area contributed by atoms with Gasteiger partial charge in [-0.25, -0.2) is 0 Å². The van der Waals surface area contributed by atoms with Crippen LogP contribution in [0.3, 0.4) is 0 Å². The highest BCUT2D eigenvalue weighted by molar-refractivity contribution is 5.64. The van der Waals surface area contributed by atoms with Crippen LogP contribution in [0.25, 0.3) is 0 Å². The van der Waals surface area contributed by atoms with Gasteiger partial charge in [0.25, 0.3) is 0 Å². The predicted octanol–water partition coefficient (Wildman–Crippen LogP) is 2.28. The van der Waals surface area contributed by atoms with E-state index < -0.39 is 0 Å². The van der Waals surface area contributed by atoms with E-state index in [9.17, 15) is 0 Å². The van der Waals surface area contributed by atoms with Crippen molar-refractivity contribution in [2.75, 3.05) is 13.6 Å². The van der Waals surface area contributed by atoms with Crippen molar-refractivity contribution >= 4 is 6.21 Å². The van der Waals surface area contributed by atoms with E-state index in [1.807, 2.05) is 36.5 Å². The third-order valence-corrected chi connectivity index (χ3v) is 2.96. The van der Waals surface area contributed by atoms with Gasteiger partial charge in [-0.1, -0.05) is 35.5 Å². The van der Waals surface area contributed by atoms with E-state index in [0.29, 0.717) is 12.6 Å². The van der Waals surface area contributed by atoms with Gasteiger partial charge < -0.3 is 4.84 Å². The molecule has 3 nitrogen and oxygen atoms in total. The average Bonchev–Trinajstić information content (AvgIpc) is 2.72. The largest absolute Gasteiger partial charge is 0.391 e. The quantitative estimate of drug-likeness (QED) is 0.572. The van der Waals surface area contributed by atoms with E-state index in [4.69, 9.17) is 4.84 Å². The van der Waals surface area contributed by atoms with Gasteiger partial charge in [0, 0.05) is 6.04 Å². The van der Waals surface area contributed by atoms with Crippen LogP contribution in [0.5, 0.6) is 0 Å². The average molecular weight is 218 g/mol. The lowest BCUT2D eigenvalue weighted by atomic mass is 10.2. The molecule has 1 aliphatic rings. The van der Waals surface area contributed by atoms with E-state index in [0.717, 1.165) is 12.1 Å². The van der Waals surface area contributed by atoms with Crippen LogP contribution in [0.4, 0.5) is 0 Å². The minimum Gasteiger partial charge on any atom is -0.391 e. The van der Waals surface area contributed by atoms with E-state index in [1.54, 1.807) is 0 Å². The molecule has 1 aliphatic heterocycles. The highest BCUT2D eigenvalue weighted by Crippen LogP contribution is 2.12. The Morgan fingerprint density at radius 2 is 2.25 bits per heavy atom. The Balaban J connectivity index is 1.73. The van der Waals surface area contributed by atoms with Crippen LogP contribution in [0.1, 0.15) is 18.4 Å². The van der Waals surface area contributed by atoms with Gasteiger partial charge in [0.15, 0.2) is 0 Å². The molecule has 0 radical (unpaired) electrons. The fourth-order valence-corrected chi connectivity index (χ4v) is 1.92. The SMILES string of the molecule is CN1CCCC1/C=N\OCc1ccccc1. The molecular weight excluding hydrogens is 200 g/mol. The lowest BCUT2D eigenvalue weighted by molar-refractivity contribution is 0.130. The van der Waals surface area contributed by atoms with Crippen molar-refractivity contribution in [3.05, 3.63) is 35.9 Å². The zero-order chi connectivity index (χ0) is 11.2. The van der Waals surface area contributed by atoms with Crippen molar-refractivity contribution < 1.29 is 4.84 Å². The summed E-state index contributed by atoms with van der Waals surface area (Å²) in [5.41, 5.74) is 1.15. The Morgan fingerprint density at radius 3 is 2.94 bits per heavy atom. The fourth-order valence-electron chi connectivity index (χ4n) is 1.92. The summed E-state index contributed by atoms with van der Waals surface area (Å²) in [5.74, 6) is 0. The topological polar surface area (TPSA) is 24.8 Å². The molecule has 0 aromatic heterocycles. The van der Waals surface area contributed by atoms with Crippen LogP contribution < -0.4 is 0 Å². The maximum Gasteiger partial charge on any atom is 0.142 e. The van der Waals surface area contributed by atoms with Gasteiger partial charge in [0.05, 0.1) is 6.21 Å². The fraction of sp³-hybridized carbons (Fsp3) is 0.462. The minimum absolute atomic E-state index is 0.454. The first kappa shape index (κ1) is 11.1. The standard InChI is InChI=1S/C13H18N2O/c1-15-9-5-8-13(15)10-14-16-11-12-6-3-2-4-7-12/h2-4,6-7,10,13H,5,8-9,11H2,1H3/b14-10-. The number of oxime groups is 1. The summed E-state index contributed by atoms with van der Waals surface area (Å²) in [4.78, 5) is 7.57. The molecule has 0 saturated carbocycles. The van der Waals surface area contributed by atoms with Crippen molar-refractivity contribution in [3.8, 4) is 0 Å². The number of rotatable bonds is 4. The summed E-state index contributed by atoms with van der Waals surface area (Å²) in [6.45, 7) is 1.71. The molecule has 1 aromatic carbocycles. The number of hydrogen-bond acceptors (Lipinski definition) is 3. The molecule has 1 unspecified atom stereocenters. The lowest BCUT2D eigenvalue weighted by Gasteiger charge is -2.13. The summed E-state index contributed by atoms with van der Waals surface area (Å²) in [7, 11) is 2.13. The third kappa shape index (κ3) is 3.07. The molecule has 1 atom stereocenters. The molecule has 0 N–H and O–H groups in total. The Labute approximate surface area is 96.7 Å². The van der Waals surface area contributed by atoms with Gasteiger partial charge in [0.1, 0.15) is 6.61 Å². The molecule has 86 valence electrons. The van der Waals surface area contributed by atoms with E-state index in [-0.39, 0.29) is 0 Å². The van der Waals surface area contributed by atoms with Crippen LogP contribution in [-0.2, 0) is 11.4 Å². The maximum atomic E-state index is 5.27. The summed E-state index contributed by atoms with van der Waals surface area (Å²) in [6, 6.07) is 10.5. The molecule has 0 spiro atoms. The zero-order valence-corrected chi connectivity index (χ0v) is 9.67. The van der Waals surface area contributed by atoms with E-state index >= 15 is 0 Å². The molecule has 0 amide bonds. The zero-order valence-electron chi connectivity index (χ0n) is 9.67. The van der Waals surface area contributed by atoms with Crippen LogP contribution >= 0.6 is 0 Å². The van der Waals surface area contributed by atoms with E-state index in [1.165, 1.54) is 12.8 Å². The number of nitrogens with zero attached hydrogens (tertiary/aromatic N) is 2. The van der Waals surface area contributed by atoms with Crippen molar-refractivity contribution in [2.45, 2.75) is 25.5 Å². The van der Waals surface area contributed by atoms with Crippen molar-refractivity contribution in [1.82, 2.24) is 4.90 Å². The molecular formula is C13H18N2O. The van der Waals surface area contributed by atoms with Crippen molar-refractivity contribution in [1.29, 1.82) is 0 Å². The first-order valence-electron chi connectivity index (χ1n) is 5.76. The van der Waals surface area contributed by atoms with Crippen molar-refractivity contribution in [2.24, 2.45) is 5.16 Å². The number of likely N-dealkylation sites (tertiary alicyclic amines) is 1.